The number of aryl methyl sites for hydroxylation is 1. The minimum atomic E-state index is 0.963. The number of aromatic nitrogens is 3. The number of rotatable bonds is 4. The van der Waals surface area contributed by atoms with Gasteiger partial charge in [-0.05, 0) is 32.4 Å². The van der Waals surface area contributed by atoms with Crippen molar-refractivity contribution in [2.75, 3.05) is 49.1 Å². The van der Waals surface area contributed by atoms with E-state index in [4.69, 9.17) is 4.98 Å². The summed E-state index contributed by atoms with van der Waals surface area (Å²) in [7, 11) is 0. The molecule has 0 atom stereocenters. The molecule has 0 aromatic carbocycles. The first kappa shape index (κ1) is 16.5. The zero-order chi connectivity index (χ0) is 17.4. The molecule has 1 fully saturated rings. The van der Waals surface area contributed by atoms with E-state index in [2.05, 4.69) is 51.9 Å². The summed E-state index contributed by atoms with van der Waals surface area (Å²) < 4.78 is 1.16. The van der Waals surface area contributed by atoms with Crippen molar-refractivity contribution in [1.82, 2.24) is 20.3 Å². The largest absolute Gasteiger partial charge is 0.357 e. The summed E-state index contributed by atoms with van der Waals surface area (Å²) in [6.45, 7) is 12.4. The number of nitrogens with one attached hydrogen (secondary N) is 1. The molecule has 0 amide bonds. The highest BCUT2D eigenvalue weighted by molar-refractivity contribution is 7.26. The highest BCUT2D eigenvalue weighted by Gasteiger charge is 2.20. The summed E-state index contributed by atoms with van der Waals surface area (Å²) in [6, 6.07) is 2.19. The minimum absolute atomic E-state index is 0.963. The molecule has 0 aliphatic carbocycles. The predicted octanol–water partition coefficient (Wildman–Crippen LogP) is 2.80. The second-order valence-electron chi connectivity index (χ2n) is 6.36. The Hall–Kier alpha value is -1.99. The molecular weight excluding hydrogens is 332 g/mol. The van der Waals surface area contributed by atoms with Crippen molar-refractivity contribution in [1.29, 1.82) is 0 Å². The van der Waals surface area contributed by atoms with E-state index in [1.54, 1.807) is 17.7 Å². The van der Waals surface area contributed by atoms with Gasteiger partial charge < -0.3 is 15.1 Å². The monoisotopic (exact) mass is 356 g/mol. The maximum absolute atomic E-state index is 4.95. The van der Waals surface area contributed by atoms with Crippen molar-refractivity contribution < 1.29 is 0 Å². The van der Waals surface area contributed by atoms with Crippen molar-refractivity contribution >= 4 is 43.4 Å². The fraction of sp³-hybridized carbons (Fsp3) is 0.500. The van der Waals surface area contributed by atoms with Gasteiger partial charge in [-0.25, -0.2) is 15.0 Å². The summed E-state index contributed by atoms with van der Waals surface area (Å²) in [6.07, 6.45) is 1.70. The predicted molar refractivity (Wildman–Crippen MR) is 106 cm³/mol. The molecule has 0 spiro atoms. The van der Waals surface area contributed by atoms with Crippen LogP contribution in [-0.2, 0) is 0 Å². The highest BCUT2D eigenvalue weighted by Crippen LogP contribution is 2.39. The third kappa shape index (κ3) is 2.81. The number of hydrogen-bond acceptors (Lipinski definition) is 7. The van der Waals surface area contributed by atoms with Crippen LogP contribution >= 0.6 is 11.3 Å². The van der Waals surface area contributed by atoms with Crippen LogP contribution < -0.4 is 15.1 Å². The molecule has 4 rings (SSSR count). The highest BCUT2D eigenvalue weighted by atomic mass is 32.1. The Labute approximate surface area is 151 Å². The summed E-state index contributed by atoms with van der Waals surface area (Å²) in [5.41, 5.74) is 2.28. The van der Waals surface area contributed by atoms with Crippen molar-refractivity contribution in [2.45, 2.75) is 20.8 Å². The standard InChI is InChI=1S/C18H24N6S/c1-4-23(5-2)13-10-12(3)14-15-16(25-18(14)22-13)17(21-11-20-15)24-8-6-19-7-9-24/h10-11,19H,4-9H2,1-3H3. The molecule has 1 saturated heterocycles. The minimum Gasteiger partial charge on any atom is -0.357 e. The van der Waals surface area contributed by atoms with Crippen LogP contribution in [0.15, 0.2) is 12.4 Å². The number of fused-ring (bicyclic) bond motifs is 3. The zero-order valence-corrected chi connectivity index (χ0v) is 15.9. The van der Waals surface area contributed by atoms with Crippen molar-refractivity contribution in [3.05, 3.63) is 18.0 Å². The van der Waals surface area contributed by atoms with Gasteiger partial charge in [0.05, 0.1) is 10.2 Å². The number of pyridine rings is 1. The molecule has 6 nitrogen and oxygen atoms in total. The second-order valence-corrected chi connectivity index (χ2v) is 7.36. The molecule has 1 aliphatic rings. The van der Waals surface area contributed by atoms with E-state index in [0.29, 0.717) is 0 Å². The van der Waals surface area contributed by atoms with E-state index in [9.17, 15) is 0 Å². The lowest BCUT2D eigenvalue weighted by Crippen LogP contribution is -2.43. The van der Waals surface area contributed by atoms with Gasteiger partial charge in [0.2, 0.25) is 0 Å². The van der Waals surface area contributed by atoms with Crippen molar-refractivity contribution in [2.24, 2.45) is 0 Å². The molecule has 132 valence electrons. The maximum Gasteiger partial charge on any atom is 0.150 e. The quantitative estimate of drug-likeness (QED) is 0.776. The first-order valence-corrected chi connectivity index (χ1v) is 9.80. The summed E-state index contributed by atoms with van der Waals surface area (Å²) in [4.78, 5) is 19.9. The maximum atomic E-state index is 4.95. The average Bonchev–Trinajstić information content (AvgIpc) is 3.02. The Morgan fingerprint density at radius 1 is 1.20 bits per heavy atom. The summed E-state index contributed by atoms with van der Waals surface area (Å²) in [5.74, 6) is 2.11. The average molecular weight is 356 g/mol. The van der Waals surface area contributed by atoms with Crippen LogP contribution in [0.3, 0.4) is 0 Å². The van der Waals surface area contributed by atoms with Crippen LogP contribution in [0.4, 0.5) is 11.6 Å². The van der Waals surface area contributed by atoms with Gasteiger partial charge in [0, 0.05) is 44.7 Å². The van der Waals surface area contributed by atoms with E-state index in [1.165, 1.54) is 10.9 Å². The number of piperazine rings is 1. The normalized spacial score (nSPS) is 15.2. The lowest BCUT2D eigenvalue weighted by atomic mass is 10.1. The summed E-state index contributed by atoms with van der Waals surface area (Å²) >= 11 is 1.72. The molecular formula is C18H24N6S. The first-order chi connectivity index (χ1) is 12.2. The molecule has 0 bridgehead atoms. The fourth-order valence-corrected chi connectivity index (χ4v) is 4.75. The molecule has 1 N–H and O–H groups in total. The lowest BCUT2D eigenvalue weighted by Gasteiger charge is -2.28. The third-order valence-electron chi connectivity index (χ3n) is 4.89. The number of thiophene rings is 1. The van der Waals surface area contributed by atoms with Gasteiger partial charge in [-0.1, -0.05) is 0 Å². The molecule has 7 heteroatoms. The van der Waals surface area contributed by atoms with Crippen LogP contribution in [0.1, 0.15) is 19.4 Å². The Morgan fingerprint density at radius 3 is 2.68 bits per heavy atom. The van der Waals surface area contributed by atoms with E-state index < -0.39 is 0 Å². The smallest absolute Gasteiger partial charge is 0.150 e. The molecule has 0 unspecified atom stereocenters. The van der Waals surface area contributed by atoms with Gasteiger partial charge >= 0.3 is 0 Å². The van der Waals surface area contributed by atoms with Crippen molar-refractivity contribution in [3.8, 4) is 0 Å². The molecule has 0 saturated carbocycles. The van der Waals surface area contributed by atoms with Crippen LogP contribution in [0.5, 0.6) is 0 Å². The van der Waals surface area contributed by atoms with Gasteiger partial charge in [0.25, 0.3) is 0 Å². The van der Waals surface area contributed by atoms with Crippen LogP contribution in [0.2, 0.25) is 0 Å². The molecule has 3 aromatic heterocycles. The molecule has 4 heterocycles. The van der Waals surface area contributed by atoms with Crippen LogP contribution in [-0.4, -0.2) is 54.2 Å². The Balaban J connectivity index is 1.90. The van der Waals surface area contributed by atoms with Crippen LogP contribution in [0, 0.1) is 6.92 Å². The topological polar surface area (TPSA) is 57.2 Å². The Bertz CT molecular complexity index is 895. The fourth-order valence-electron chi connectivity index (χ4n) is 3.53. The third-order valence-corrected chi connectivity index (χ3v) is 5.96. The van der Waals surface area contributed by atoms with Gasteiger partial charge in [0.15, 0.2) is 0 Å². The van der Waals surface area contributed by atoms with Crippen LogP contribution in [0.25, 0.3) is 20.4 Å². The van der Waals surface area contributed by atoms with Crippen molar-refractivity contribution in [3.63, 3.8) is 0 Å². The van der Waals surface area contributed by atoms with E-state index in [-0.39, 0.29) is 0 Å². The SMILES string of the molecule is CCN(CC)c1cc(C)c2c(n1)sc1c(N3CCNCC3)ncnc12. The molecule has 25 heavy (non-hydrogen) atoms. The molecule has 0 radical (unpaired) electrons. The number of hydrogen-bond donors (Lipinski definition) is 1. The lowest BCUT2D eigenvalue weighted by molar-refractivity contribution is 0.586. The van der Waals surface area contributed by atoms with E-state index >= 15 is 0 Å². The molecule has 3 aromatic rings. The van der Waals surface area contributed by atoms with E-state index in [0.717, 1.165) is 66.0 Å². The van der Waals surface area contributed by atoms with Gasteiger partial charge in [-0.2, -0.15) is 0 Å². The Morgan fingerprint density at radius 2 is 1.96 bits per heavy atom. The van der Waals surface area contributed by atoms with Gasteiger partial charge in [0.1, 0.15) is 22.8 Å². The van der Waals surface area contributed by atoms with E-state index in [1.807, 2.05) is 0 Å². The first-order valence-electron chi connectivity index (χ1n) is 8.98. The number of nitrogens with zero attached hydrogens (tertiary/aromatic N) is 5. The van der Waals surface area contributed by atoms with Gasteiger partial charge in [-0.3, -0.25) is 0 Å². The Kier molecular flexibility index (Phi) is 4.43. The second kappa shape index (κ2) is 6.72. The van der Waals surface area contributed by atoms with Gasteiger partial charge in [-0.15, -0.1) is 11.3 Å². The zero-order valence-electron chi connectivity index (χ0n) is 15.0. The number of anilines is 2. The molecule has 1 aliphatic heterocycles. The summed E-state index contributed by atoms with van der Waals surface area (Å²) in [5, 5.41) is 4.58.